The van der Waals surface area contributed by atoms with Gasteiger partial charge in [-0.25, -0.2) is 9.59 Å². The van der Waals surface area contributed by atoms with Gasteiger partial charge < -0.3 is 18.9 Å². The predicted molar refractivity (Wildman–Crippen MR) is 180 cm³/mol. The first kappa shape index (κ1) is 38.1. The number of carbonyl (C=O) groups is 2. The highest BCUT2D eigenvalue weighted by Gasteiger charge is 2.42. The fourth-order valence-corrected chi connectivity index (χ4v) is 6.82. The van der Waals surface area contributed by atoms with Gasteiger partial charge in [0, 0.05) is 5.39 Å². The van der Waals surface area contributed by atoms with Gasteiger partial charge in [-0.05, 0) is 110 Å². The van der Waals surface area contributed by atoms with Crippen molar-refractivity contribution in [3.63, 3.8) is 0 Å². The van der Waals surface area contributed by atoms with Crippen LogP contribution in [0.5, 0.6) is 11.5 Å². The third-order valence-electron chi connectivity index (χ3n) is 9.44. The lowest BCUT2D eigenvalue weighted by molar-refractivity contribution is -0.186. The number of carbonyl (C=O) groups excluding carboxylic acids is 2. The number of hydrogen-bond acceptors (Lipinski definition) is 6. The molecule has 0 aromatic heterocycles. The van der Waals surface area contributed by atoms with E-state index in [-0.39, 0.29) is 37.9 Å². The number of alkyl halides is 6. The number of esters is 2. The molecule has 0 N–H and O–H groups in total. The molecule has 6 rings (SSSR count). The monoisotopic (exact) mass is 738 g/mol. The van der Waals surface area contributed by atoms with Crippen molar-refractivity contribution < 1.29 is 54.9 Å². The molecule has 0 amide bonds. The molecule has 2 fully saturated rings. The first-order chi connectivity index (χ1) is 24.2. The zero-order chi connectivity index (χ0) is 36.9. The van der Waals surface area contributed by atoms with E-state index in [4.69, 9.17) is 30.5 Å². The van der Waals surface area contributed by atoms with Crippen LogP contribution < -0.4 is 9.47 Å². The van der Waals surface area contributed by atoms with Gasteiger partial charge in [0.2, 0.25) is 0 Å². The van der Waals surface area contributed by atoms with Gasteiger partial charge in [0.25, 0.3) is 0 Å². The SMILES string of the molecule is COC(=O)c1ccc2c(Cl)c(OC3CCC(C(F)(F)F)CC3)ccc2c1.COC(=O)c1ccc2cc(OC3CCC(C(F)(F)F)CC3)ccc2c1. The van der Waals surface area contributed by atoms with Gasteiger partial charge >= 0.3 is 24.3 Å². The number of halogens is 7. The summed E-state index contributed by atoms with van der Waals surface area (Å²) >= 11 is 6.41. The molecule has 2 saturated carbocycles. The lowest BCUT2D eigenvalue weighted by Crippen LogP contribution is -2.31. The van der Waals surface area contributed by atoms with Crippen molar-refractivity contribution in [3.8, 4) is 11.5 Å². The highest BCUT2D eigenvalue weighted by Crippen LogP contribution is 2.41. The highest BCUT2D eigenvalue weighted by molar-refractivity contribution is 6.37. The summed E-state index contributed by atoms with van der Waals surface area (Å²) in [5.74, 6) is -2.21. The first-order valence-electron chi connectivity index (χ1n) is 16.6. The molecule has 2 aliphatic carbocycles. The molecule has 51 heavy (non-hydrogen) atoms. The van der Waals surface area contributed by atoms with Crippen LogP contribution in [0.25, 0.3) is 21.5 Å². The Morgan fingerprint density at radius 3 is 1.57 bits per heavy atom. The number of methoxy groups -OCH3 is 2. The van der Waals surface area contributed by atoms with Gasteiger partial charge in [-0.1, -0.05) is 35.9 Å². The number of fused-ring (bicyclic) bond motifs is 2. The summed E-state index contributed by atoms with van der Waals surface area (Å²) in [5, 5.41) is 3.62. The molecule has 4 aromatic carbocycles. The Labute approximate surface area is 295 Å². The summed E-state index contributed by atoms with van der Waals surface area (Å²) in [4.78, 5) is 23.2. The molecule has 2 aliphatic rings. The quantitative estimate of drug-likeness (QED) is 0.145. The maximum Gasteiger partial charge on any atom is 0.391 e. The zero-order valence-corrected chi connectivity index (χ0v) is 28.7. The Morgan fingerprint density at radius 2 is 1.04 bits per heavy atom. The van der Waals surface area contributed by atoms with E-state index in [2.05, 4.69) is 0 Å². The second-order valence-corrected chi connectivity index (χ2v) is 13.2. The van der Waals surface area contributed by atoms with E-state index >= 15 is 0 Å². The molecule has 0 atom stereocenters. The van der Waals surface area contributed by atoms with Gasteiger partial charge in [-0.3, -0.25) is 0 Å². The molecule has 0 aliphatic heterocycles. The molecular weight excluding hydrogens is 702 g/mol. The highest BCUT2D eigenvalue weighted by atomic mass is 35.5. The fourth-order valence-electron chi connectivity index (χ4n) is 6.54. The third kappa shape index (κ3) is 9.58. The van der Waals surface area contributed by atoms with Gasteiger partial charge in [0.15, 0.2) is 0 Å². The molecule has 6 nitrogen and oxygen atoms in total. The fraction of sp³-hybridized carbons (Fsp3) is 0.421. The van der Waals surface area contributed by atoms with Crippen LogP contribution in [0.4, 0.5) is 26.3 Å². The molecule has 0 bridgehead atoms. The number of hydrogen-bond donors (Lipinski definition) is 0. The summed E-state index contributed by atoms with van der Waals surface area (Å²) in [6.07, 6.45) is -6.83. The van der Waals surface area contributed by atoms with E-state index < -0.39 is 36.1 Å². The lowest BCUT2D eigenvalue weighted by atomic mass is 9.87. The number of rotatable bonds is 6. The number of benzene rings is 4. The van der Waals surface area contributed by atoms with Crippen LogP contribution in [0, 0.1) is 11.8 Å². The van der Waals surface area contributed by atoms with Gasteiger partial charge in [-0.2, -0.15) is 26.3 Å². The molecule has 0 saturated heterocycles. The molecule has 274 valence electrons. The van der Waals surface area contributed by atoms with Crippen LogP contribution in [0.2, 0.25) is 5.02 Å². The van der Waals surface area contributed by atoms with E-state index in [1.807, 2.05) is 12.1 Å². The largest absolute Gasteiger partial charge is 0.490 e. The smallest absolute Gasteiger partial charge is 0.391 e. The minimum absolute atomic E-state index is 0.0713. The van der Waals surface area contributed by atoms with Gasteiger partial charge in [-0.15, -0.1) is 0 Å². The predicted octanol–water partition coefficient (Wildman–Crippen LogP) is 10.9. The second kappa shape index (κ2) is 16.0. The van der Waals surface area contributed by atoms with E-state index in [1.54, 1.807) is 54.6 Å². The van der Waals surface area contributed by atoms with Crippen molar-refractivity contribution in [2.24, 2.45) is 11.8 Å². The van der Waals surface area contributed by atoms with Crippen LogP contribution in [-0.4, -0.2) is 50.7 Å². The Hall–Kier alpha value is -4.19. The summed E-state index contributed by atoms with van der Waals surface area (Å²) in [6, 6.07) is 19.1. The maximum absolute atomic E-state index is 12.8. The normalized spacial score (nSPS) is 21.0. The van der Waals surface area contributed by atoms with Crippen LogP contribution in [0.3, 0.4) is 0 Å². The van der Waals surface area contributed by atoms with Crippen molar-refractivity contribution in [2.75, 3.05) is 14.2 Å². The van der Waals surface area contributed by atoms with Crippen molar-refractivity contribution >= 4 is 45.1 Å². The Balaban J connectivity index is 0.000000198. The van der Waals surface area contributed by atoms with Crippen LogP contribution in [-0.2, 0) is 9.47 Å². The van der Waals surface area contributed by atoms with Crippen molar-refractivity contribution in [3.05, 3.63) is 82.9 Å². The Kier molecular flexibility index (Phi) is 11.9. The summed E-state index contributed by atoms with van der Waals surface area (Å²) < 4.78 is 97.5. The van der Waals surface area contributed by atoms with Gasteiger partial charge in [0.05, 0.1) is 54.4 Å². The molecule has 0 radical (unpaired) electrons. The zero-order valence-electron chi connectivity index (χ0n) is 27.9. The summed E-state index contributed by atoms with van der Waals surface area (Å²) in [6.45, 7) is 0. The van der Waals surface area contributed by atoms with E-state index in [9.17, 15) is 35.9 Å². The van der Waals surface area contributed by atoms with Crippen LogP contribution in [0.15, 0.2) is 66.7 Å². The van der Waals surface area contributed by atoms with Gasteiger partial charge in [0.1, 0.15) is 11.5 Å². The lowest BCUT2D eigenvalue weighted by Gasteiger charge is -2.30. The summed E-state index contributed by atoms with van der Waals surface area (Å²) in [7, 11) is 2.64. The van der Waals surface area contributed by atoms with Crippen molar-refractivity contribution in [1.82, 2.24) is 0 Å². The second-order valence-electron chi connectivity index (χ2n) is 12.8. The van der Waals surface area contributed by atoms with Crippen molar-refractivity contribution in [2.45, 2.75) is 75.9 Å². The van der Waals surface area contributed by atoms with Crippen LogP contribution >= 0.6 is 11.6 Å². The van der Waals surface area contributed by atoms with Crippen LogP contribution in [0.1, 0.15) is 72.1 Å². The molecule has 13 heteroatoms. The molecule has 0 unspecified atom stereocenters. The van der Waals surface area contributed by atoms with E-state index in [0.717, 1.165) is 16.2 Å². The standard InChI is InChI=1S/C19H18ClF3O3.C19H19F3O3/c1-25-18(24)12-2-8-15-11(10-12)3-9-16(17(15)20)26-14-6-4-13(5-7-14)19(21,22)23;1-24-18(23)14-3-2-13-11-17(7-4-12(13)10-14)25-16-8-5-15(6-9-16)19(20,21)22/h2-3,8-10,13-14H,4-7H2,1H3;2-4,7,10-11,15-16H,5-6,8-9H2,1H3. The first-order valence-corrected chi connectivity index (χ1v) is 16.9. The van der Waals surface area contributed by atoms with E-state index in [1.165, 1.54) is 14.2 Å². The Morgan fingerprint density at radius 1 is 0.588 bits per heavy atom. The average Bonchev–Trinajstić information content (AvgIpc) is 3.11. The third-order valence-corrected chi connectivity index (χ3v) is 9.83. The van der Waals surface area contributed by atoms with E-state index in [0.29, 0.717) is 58.7 Å². The maximum atomic E-state index is 12.8. The number of ether oxygens (including phenoxy) is 4. The summed E-state index contributed by atoms with van der Waals surface area (Å²) in [5.41, 5.74) is 0.879. The molecular formula is C38H37ClF6O6. The topological polar surface area (TPSA) is 71.1 Å². The molecule has 0 spiro atoms. The van der Waals surface area contributed by atoms with Crippen molar-refractivity contribution in [1.29, 1.82) is 0 Å². The molecule has 0 heterocycles. The minimum Gasteiger partial charge on any atom is -0.490 e. The minimum atomic E-state index is -4.14. The Bertz CT molecular complexity index is 1840. The molecule has 4 aromatic rings. The average molecular weight is 739 g/mol.